The molecule has 1 amide bonds. The van der Waals surface area contributed by atoms with Crippen molar-refractivity contribution in [1.29, 1.82) is 0 Å². The smallest absolute Gasteiger partial charge is 0.243 e. The molecule has 1 aromatic heterocycles. The minimum Gasteiger partial charge on any atom is -0.353 e. The van der Waals surface area contributed by atoms with Crippen molar-refractivity contribution in [2.24, 2.45) is 0 Å². The highest BCUT2D eigenvalue weighted by molar-refractivity contribution is 7.89. The highest BCUT2D eigenvalue weighted by Crippen LogP contribution is 2.26. The van der Waals surface area contributed by atoms with E-state index in [2.05, 4.69) is 28.8 Å². The second kappa shape index (κ2) is 9.89. The van der Waals surface area contributed by atoms with Crippen molar-refractivity contribution < 1.29 is 13.2 Å². The van der Waals surface area contributed by atoms with Crippen LogP contribution in [0.3, 0.4) is 0 Å². The van der Waals surface area contributed by atoms with Gasteiger partial charge in [0, 0.05) is 38.5 Å². The molecule has 2 aliphatic heterocycles. The third-order valence-electron chi connectivity index (χ3n) is 6.61. The second-order valence-corrected chi connectivity index (χ2v) is 11.0. The lowest BCUT2D eigenvalue weighted by Gasteiger charge is -2.29. The summed E-state index contributed by atoms with van der Waals surface area (Å²) in [6.45, 7) is 6.10. The molecule has 32 heavy (non-hydrogen) atoms. The first kappa shape index (κ1) is 23.2. The van der Waals surface area contributed by atoms with Crippen LogP contribution in [0.4, 0.5) is 0 Å². The molecule has 0 atom stereocenters. The molecular formula is C23H35N5O3S. The zero-order valence-electron chi connectivity index (χ0n) is 19.2. The van der Waals surface area contributed by atoms with Crippen molar-refractivity contribution >= 4 is 27.0 Å². The van der Waals surface area contributed by atoms with Gasteiger partial charge in [0.1, 0.15) is 5.82 Å². The maximum atomic E-state index is 13.0. The molecule has 0 spiro atoms. The number of aromatic nitrogens is 2. The SMILES string of the molecule is CCCn1c(CCC(=O)NC2CCN(C)CC2)nc2cc(S(=O)(=O)N3CCCC3)ccc21. The Morgan fingerprint density at radius 1 is 1.16 bits per heavy atom. The van der Waals surface area contributed by atoms with E-state index in [-0.39, 0.29) is 11.9 Å². The van der Waals surface area contributed by atoms with Gasteiger partial charge in [0.2, 0.25) is 15.9 Å². The topological polar surface area (TPSA) is 87.5 Å². The summed E-state index contributed by atoms with van der Waals surface area (Å²) in [5.41, 5.74) is 1.61. The number of carbonyl (C=O) groups excluding carboxylic acids is 1. The van der Waals surface area contributed by atoms with Crippen LogP contribution in [0, 0.1) is 0 Å². The number of nitrogens with one attached hydrogen (secondary N) is 1. The van der Waals surface area contributed by atoms with E-state index in [9.17, 15) is 13.2 Å². The molecule has 8 nitrogen and oxygen atoms in total. The summed E-state index contributed by atoms with van der Waals surface area (Å²) < 4.78 is 29.6. The number of aryl methyl sites for hydroxylation is 2. The molecule has 2 saturated heterocycles. The standard InChI is InChI=1S/C23H35N5O3S/c1-3-12-28-21-7-6-19(32(30,31)27-13-4-5-14-27)17-20(21)25-22(28)8-9-23(29)24-18-10-15-26(2)16-11-18/h6-7,17-18H,3-5,8-16H2,1-2H3,(H,24,29). The maximum Gasteiger partial charge on any atom is 0.243 e. The normalized spacial score (nSPS) is 19.1. The molecule has 0 saturated carbocycles. The molecule has 2 aliphatic rings. The largest absolute Gasteiger partial charge is 0.353 e. The molecule has 1 aromatic carbocycles. The van der Waals surface area contributed by atoms with Gasteiger partial charge in [-0.05, 0) is 70.4 Å². The van der Waals surface area contributed by atoms with Crippen LogP contribution in [0.2, 0.25) is 0 Å². The molecule has 0 unspecified atom stereocenters. The lowest BCUT2D eigenvalue weighted by atomic mass is 10.1. The second-order valence-electron chi connectivity index (χ2n) is 9.09. The Balaban J connectivity index is 1.49. The molecule has 1 N–H and O–H groups in total. The summed E-state index contributed by atoms with van der Waals surface area (Å²) in [6, 6.07) is 5.51. The quantitative estimate of drug-likeness (QED) is 0.652. The van der Waals surface area contributed by atoms with Gasteiger partial charge in [-0.2, -0.15) is 4.31 Å². The fourth-order valence-corrected chi connectivity index (χ4v) is 6.28. The molecule has 0 radical (unpaired) electrons. The van der Waals surface area contributed by atoms with Gasteiger partial charge in [-0.1, -0.05) is 6.92 Å². The third kappa shape index (κ3) is 5.00. The van der Waals surface area contributed by atoms with E-state index in [1.165, 1.54) is 0 Å². The maximum absolute atomic E-state index is 13.0. The number of rotatable bonds is 8. The van der Waals surface area contributed by atoms with Crippen LogP contribution < -0.4 is 5.32 Å². The number of sulfonamides is 1. The van der Waals surface area contributed by atoms with E-state index in [0.29, 0.717) is 36.3 Å². The number of hydrogen-bond donors (Lipinski definition) is 1. The van der Waals surface area contributed by atoms with Gasteiger partial charge in [-0.15, -0.1) is 0 Å². The molecule has 0 aliphatic carbocycles. The Kier molecular flexibility index (Phi) is 7.17. The van der Waals surface area contributed by atoms with Crippen LogP contribution >= 0.6 is 0 Å². The van der Waals surface area contributed by atoms with Gasteiger partial charge in [0.15, 0.2) is 0 Å². The number of imidazole rings is 1. The fourth-order valence-electron chi connectivity index (χ4n) is 4.74. The summed E-state index contributed by atoms with van der Waals surface area (Å²) >= 11 is 0. The summed E-state index contributed by atoms with van der Waals surface area (Å²) in [5.74, 6) is 0.906. The molecule has 9 heteroatoms. The molecular weight excluding hydrogens is 426 g/mol. The molecule has 2 aromatic rings. The van der Waals surface area contributed by atoms with Crippen LogP contribution in [-0.4, -0.2) is 72.3 Å². The van der Waals surface area contributed by atoms with Crippen LogP contribution in [0.15, 0.2) is 23.1 Å². The first-order valence-electron chi connectivity index (χ1n) is 11.9. The van der Waals surface area contributed by atoms with Crippen LogP contribution in [0.1, 0.15) is 51.3 Å². The van der Waals surface area contributed by atoms with Crippen molar-refractivity contribution in [2.75, 3.05) is 33.2 Å². The van der Waals surface area contributed by atoms with E-state index >= 15 is 0 Å². The van der Waals surface area contributed by atoms with Crippen molar-refractivity contribution in [3.05, 3.63) is 24.0 Å². The van der Waals surface area contributed by atoms with E-state index in [1.54, 1.807) is 16.4 Å². The lowest BCUT2D eigenvalue weighted by molar-refractivity contribution is -0.122. The van der Waals surface area contributed by atoms with E-state index < -0.39 is 10.0 Å². The summed E-state index contributed by atoms with van der Waals surface area (Å²) in [6.07, 6.45) is 5.68. The predicted molar refractivity (Wildman–Crippen MR) is 125 cm³/mol. The van der Waals surface area contributed by atoms with Crippen LogP contribution in [0.25, 0.3) is 11.0 Å². The van der Waals surface area contributed by atoms with Crippen molar-refractivity contribution in [1.82, 2.24) is 24.1 Å². The summed E-state index contributed by atoms with van der Waals surface area (Å²) in [7, 11) is -1.37. The Hall–Kier alpha value is -1.97. The number of nitrogens with zero attached hydrogens (tertiary/aromatic N) is 4. The van der Waals surface area contributed by atoms with Gasteiger partial charge in [-0.25, -0.2) is 13.4 Å². The van der Waals surface area contributed by atoms with Crippen molar-refractivity contribution in [3.8, 4) is 0 Å². The van der Waals surface area contributed by atoms with Crippen LogP contribution in [0.5, 0.6) is 0 Å². The Morgan fingerprint density at radius 2 is 1.88 bits per heavy atom. The van der Waals surface area contributed by atoms with E-state index in [4.69, 9.17) is 4.98 Å². The Labute approximate surface area is 191 Å². The minimum atomic E-state index is -3.48. The lowest BCUT2D eigenvalue weighted by Crippen LogP contribution is -2.43. The minimum absolute atomic E-state index is 0.0620. The molecule has 2 fully saturated rings. The Bertz CT molecular complexity index is 1050. The number of likely N-dealkylation sites (tertiary alicyclic amines) is 1. The van der Waals surface area contributed by atoms with Crippen molar-refractivity contribution in [3.63, 3.8) is 0 Å². The number of piperidine rings is 1. The van der Waals surface area contributed by atoms with Gasteiger partial charge in [-0.3, -0.25) is 4.79 Å². The Morgan fingerprint density at radius 3 is 2.56 bits per heavy atom. The zero-order valence-corrected chi connectivity index (χ0v) is 20.0. The third-order valence-corrected chi connectivity index (χ3v) is 8.50. The van der Waals surface area contributed by atoms with E-state index in [0.717, 1.165) is 63.1 Å². The number of hydrogen-bond acceptors (Lipinski definition) is 5. The number of carbonyl (C=O) groups is 1. The summed E-state index contributed by atoms with van der Waals surface area (Å²) in [4.78, 5) is 19.9. The van der Waals surface area contributed by atoms with Crippen LogP contribution in [-0.2, 0) is 27.8 Å². The predicted octanol–water partition coefficient (Wildman–Crippen LogP) is 2.37. The van der Waals surface area contributed by atoms with Gasteiger partial charge < -0.3 is 14.8 Å². The van der Waals surface area contributed by atoms with Crippen molar-refractivity contribution in [2.45, 2.75) is 69.4 Å². The molecule has 3 heterocycles. The highest BCUT2D eigenvalue weighted by atomic mass is 32.2. The summed E-state index contributed by atoms with van der Waals surface area (Å²) in [5, 5.41) is 3.17. The average Bonchev–Trinajstić information content (AvgIpc) is 3.43. The average molecular weight is 462 g/mol. The van der Waals surface area contributed by atoms with Gasteiger partial charge >= 0.3 is 0 Å². The molecule has 4 rings (SSSR count). The molecule has 0 bridgehead atoms. The number of benzene rings is 1. The monoisotopic (exact) mass is 461 g/mol. The van der Waals surface area contributed by atoms with Gasteiger partial charge in [0.05, 0.1) is 15.9 Å². The number of fused-ring (bicyclic) bond motifs is 1. The van der Waals surface area contributed by atoms with Gasteiger partial charge in [0.25, 0.3) is 0 Å². The first-order chi connectivity index (χ1) is 15.4. The fraction of sp³-hybridized carbons (Fsp3) is 0.652. The zero-order chi connectivity index (χ0) is 22.7. The first-order valence-corrected chi connectivity index (χ1v) is 13.3. The highest BCUT2D eigenvalue weighted by Gasteiger charge is 2.28. The number of amides is 1. The molecule has 176 valence electrons. The van der Waals surface area contributed by atoms with E-state index in [1.807, 2.05) is 6.07 Å².